The van der Waals surface area contributed by atoms with Crippen molar-refractivity contribution >= 4 is 140 Å². The number of aromatic nitrogens is 1. The van der Waals surface area contributed by atoms with E-state index in [2.05, 4.69) is 199 Å². The minimum Gasteiger partial charge on any atom is -0.455 e. The molecule has 15 rings (SSSR count). The largest absolute Gasteiger partial charge is 0.455 e. The molecule has 0 aliphatic carbocycles. The molecular formula is C60H35N3OS2. The molecule has 66 heavy (non-hydrogen) atoms. The monoisotopic (exact) mass is 877 g/mol. The van der Waals surface area contributed by atoms with Gasteiger partial charge in [-0.2, -0.15) is 0 Å². The molecule has 1 unspecified atom stereocenters. The Balaban J connectivity index is 1.05. The van der Waals surface area contributed by atoms with Crippen LogP contribution in [0.15, 0.2) is 209 Å². The number of fused-ring (bicyclic) bond motifs is 15. The summed E-state index contributed by atoms with van der Waals surface area (Å²) in [5.41, 5.74) is 9.29. The van der Waals surface area contributed by atoms with Crippen LogP contribution < -0.4 is 0 Å². The van der Waals surface area contributed by atoms with E-state index in [0.29, 0.717) is 12.3 Å². The molecule has 4 aromatic heterocycles. The van der Waals surface area contributed by atoms with E-state index in [1.165, 1.54) is 83.7 Å². The maximum Gasteiger partial charge on any atom is 0.159 e. The van der Waals surface area contributed by atoms with Crippen molar-refractivity contribution in [3.8, 4) is 5.69 Å². The van der Waals surface area contributed by atoms with Crippen LogP contribution in [0.5, 0.6) is 0 Å². The lowest BCUT2D eigenvalue weighted by molar-refractivity contribution is 0.667. The van der Waals surface area contributed by atoms with Gasteiger partial charge in [0.05, 0.1) is 28.4 Å². The van der Waals surface area contributed by atoms with Crippen molar-refractivity contribution in [1.29, 1.82) is 0 Å². The Labute approximate surface area is 385 Å². The van der Waals surface area contributed by atoms with Gasteiger partial charge in [-0.25, -0.2) is 4.99 Å². The number of thiophene rings is 2. The Bertz CT molecular complexity index is 4460. The van der Waals surface area contributed by atoms with E-state index >= 15 is 0 Å². The quantitative estimate of drug-likeness (QED) is 0.174. The fraction of sp³-hybridized carbons (Fsp3) is 0.0333. The van der Waals surface area contributed by atoms with Gasteiger partial charge in [0.15, 0.2) is 5.84 Å². The molecule has 1 aliphatic rings. The molecule has 6 heteroatoms. The van der Waals surface area contributed by atoms with E-state index in [4.69, 9.17) is 14.4 Å². The van der Waals surface area contributed by atoms with E-state index in [1.54, 1.807) is 0 Å². The van der Waals surface area contributed by atoms with E-state index in [-0.39, 0.29) is 6.04 Å². The van der Waals surface area contributed by atoms with Crippen molar-refractivity contribution in [3.05, 3.63) is 211 Å². The first kappa shape index (κ1) is 36.4. The van der Waals surface area contributed by atoms with Gasteiger partial charge in [-0.05, 0) is 64.2 Å². The van der Waals surface area contributed by atoms with Crippen LogP contribution in [0.2, 0.25) is 0 Å². The molecule has 0 N–H and O–H groups in total. The summed E-state index contributed by atoms with van der Waals surface area (Å²) in [6.07, 6.45) is 0.666. The fourth-order valence-corrected chi connectivity index (χ4v) is 13.4. The van der Waals surface area contributed by atoms with Crippen molar-refractivity contribution in [2.24, 2.45) is 9.98 Å². The number of amidine groups is 1. The molecule has 5 heterocycles. The van der Waals surface area contributed by atoms with Crippen LogP contribution in [-0.4, -0.2) is 16.1 Å². The number of benzene rings is 10. The van der Waals surface area contributed by atoms with E-state index in [0.717, 1.165) is 50.0 Å². The maximum atomic E-state index is 6.96. The Morgan fingerprint density at radius 2 is 1.12 bits per heavy atom. The number of rotatable bonds is 4. The average Bonchev–Trinajstić information content (AvgIpc) is 4.14. The van der Waals surface area contributed by atoms with Crippen LogP contribution in [0.4, 0.5) is 0 Å². The second-order valence-corrected chi connectivity index (χ2v) is 19.6. The molecular weight excluding hydrogens is 843 g/mol. The number of aliphatic imine (C=N–C) groups is 2. The maximum absolute atomic E-state index is 6.96. The van der Waals surface area contributed by atoms with Crippen LogP contribution in [-0.2, 0) is 0 Å². The minimum absolute atomic E-state index is 0.194. The minimum atomic E-state index is -0.194. The Hall–Kier alpha value is -7.90. The molecule has 1 atom stereocenters. The normalized spacial score (nSPS) is 14.6. The van der Waals surface area contributed by atoms with E-state index < -0.39 is 0 Å². The van der Waals surface area contributed by atoms with Crippen LogP contribution in [0.3, 0.4) is 0 Å². The van der Waals surface area contributed by atoms with Gasteiger partial charge in [0.1, 0.15) is 11.2 Å². The van der Waals surface area contributed by atoms with Crippen molar-refractivity contribution in [3.63, 3.8) is 0 Å². The van der Waals surface area contributed by atoms with Gasteiger partial charge in [0.25, 0.3) is 0 Å². The average molecular weight is 878 g/mol. The summed E-state index contributed by atoms with van der Waals surface area (Å²) in [5.74, 6) is 0.680. The number of hydrogen-bond acceptors (Lipinski definition) is 5. The molecule has 0 bridgehead atoms. The SMILES string of the molecule is c1ccc2cc3c(cc2c1)c1ccc2ccccc2c1n3-c1cc(C2=NC(c3cccc4c3sc3ccccc34)CC(c3cccc4c3sc3ccccc34)=N2)c2oc3ccccc3c2c1. The van der Waals surface area contributed by atoms with E-state index in [9.17, 15) is 0 Å². The van der Waals surface area contributed by atoms with Crippen LogP contribution in [0, 0.1) is 0 Å². The molecule has 0 spiro atoms. The molecule has 10 aromatic carbocycles. The summed E-state index contributed by atoms with van der Waals surface area (Å²) in [7, 11) is 0. The third kappa shape index (κ3) is 5.25. The van der Waals surface area contributed by atoms with Gasteiger partial charge in [-0.3, -0.25) is 4.99 Å². The van der Waals surface area contributed by atoms with Crippen molar-refractivity contribution in [1.82, 2.24) is 4.57 Å². The fourth-order valence-electron chi connectivity index (χ4n) is 10.9. The third-order valence-electron chi connectivity index (χ3n) is 13.9. The van der Waals surface area contributed by atoms with Crippen molar-refractivity contribution in [2.45, 2.75) is 12.5 Å². The first-order valence-electron chi connectivity index (χ1n) is 22.5. The molecule has 0 fully saturated rings. The standard InChI is InChI=1S/C60H35N3OS2/c1-2-15-36-30-52-47(29-35(36)14-1)42-28-27-34-13-3-4-16-38(34)56(42)63(52)37-31-48-39-17-5-8-24-53(39)64-57(48)49(32-37)60-61-50(45-22-11-20-43-40-18-6-9-25-54(40)65-58(43)45)33-51(62-60)46-23-12-21-44-41-19-7-10-26-55(41)66-59(44)46/h1-32,50H,33H2. The molecule has 0 amide bonds. The Morgan fingerprint density at radius 3 is 1.94 bits per heavy atom. The molecule has 0 radical (unpaired) electrons. The van der Waals surface area contributed by atoms with Gasteiger partial charge in [0, 0.05) is 84.9 Å². The molecule has 4 nitrogen and oxygen atoms in total. The van der Waals surface area contributed by atoms with Crippen molar-refractivity contribution in [2.75, 3.05) is 0 Å². The lowest BCUT2D eigenvalue weighted by atomic mass is 9.93. The number of para-hydroxylation sites is 1. The predicted molar refractivity (Wildman–Crippen MR) is 282 cm³/mol. The highest BCUT2D eigenvalue weighted by atomic mass is 32.1. The second-order valence-electron chi connectivity index (χ2n) is 17.5. The summed E-state index contributed by atoms with van der Waals surface area (Å²) >= 11 is 3.71. The lowest BCUT2D eigenvalue weighted by Crippen LogP contribution is -2.18. The molecule has 14 aromatic rings. The first-order chi connectivity index (χ1) is 32.7. The van der Waals surface area contributed by atoms with Crippen LogP contribution in [0.1, 0.15) is 29.2 Å². The zero-order valence-electron chi connectivity index (χ0n) is 35.3. The summed E-state index contributed by atoms with van der Waals surface area (Å²) in [5, 5.41) is 14.5. The Morgan fingerprint density at radius 1 is 0.470 bits per heavy atom. The first-order valence-corrected chi connectivity index (χ1v) is 24.1. The van der Waals surface area contributed by atoms with Gasteiger partial charge in [0.2, 0.25) is 0 Å². The molecule has 308 valence electrons. The van der Waals surface area contributed by atoms with Crippen molar-refractivity contribution < 1.29 is 4.42 Å². The number of furan rings is 1. The molecule has 0 saturated heterocycles. The molecule has 0 saturated carbocycles. The van der Waals surface area contributed by atoms with Crippen LogP contribution in [0.25, 0.3) is 111 Å². The van der Waals surface area contributed by atoms with Gasteiger partial charge in [-0.15, -0.1) is 22.7 Å². The number of nitrogens with zero attached hydrogens (tertiary/aromatic N) is 3. The summed E-state index contributed by atoms with van der Waals surface area (Å²) in [6.45, 7) is 0. The summed E-state index contributed by atoms with van der Waals surface area (Å²) in [4.78, 5) is 11.5. The van der Waals surface area contributed by atoms with Gasteiger partial charge < -0.3 is 8.98 Å². The number of hydrogen-bond donors (Lipinski definition) is 0. The predicted octanol–water partition coefficient (Wildman–Crippen LogP) is 17.1. The highest BCUT2D eigenvalue weighted by Crippen LogP contribution is 2.45. The van der Waals surface area contributed by atoms with Gasteiger partial charge in [-0.1, -0.05) is 152 Å². The summed E-state index contributed by atoms with van der Waals surface area (Å²) < 4.78 is 14.5. The highest BCUT2D eigenvalue weighted by Gasteiger charge is 2.29. The smallest absolute Gasteiger partial charge is 0.159 e. The highest BCUT2D eigenvalue weighted by molar-refractivity contribution is 7.26. The zero-order chi connectivity index (χ0) is 43.0. The van der Waals surface area contributed by atoms with Gasteiger partial charge >= 0.3 is 0 Å². The third-order valence-corrected chi connectivity index (χ3v) is 16.4. The van der Waals surface area contributed by atoms with Crippen LogP contribution >= 0.6 is 22.7 Å². The summed E-state index contributed by atoms with van der Waals surface area (Å²) in [6, 6.07) is 70.5. The lowest BCUT2D eigenvalue weighted by Gasteiger charge is -2.23. The second kappa shape index (κ2) is 13.8. The molecule has 1 aliphatic heterocycles. The van der Waals surface area contributed by atoms with E-state index in [1.807, 2.05) is 22.7 Å². The topological polar surface area (TPSA) is 42.8 Å². The Kier molecular flexibility index (Phi) is 7.62. The zero-order valence-corrected chi connectivity index (χ0v) is 37.0.